The lowest BCUT2D eigenvalue weighted by Gasteiger charge is -2.16. The van der Waals surface area contributed by atoms with Crippen molar-refractivity contribution in [3.63, 3.8) is 0 Å². The molecule has 0 unspecified atom stereocenters. The van der Waals surface area contributed by atoms with Gasteiger partial charge in [0.25, 0.3) is 0 Å². The molecule has 5 heteroatoms. The predicted octanol–water partition coefficient (Wildman–Crippen LogP) is 2.36. The number of rotatable bonds is 4. The molecule has 5 nitrogen and oxygen atoms in total. The summed E-state index contributed by atoms with van der Waals surface area (Å²) in [5, 5.41) is 11.9. The maximum Gasteiger partial charge on any atom is 0.175 e. The number of ether oxygens (including phenoxy) is 1. The maximum atomic E-state index is 8.87. The lowest BCUT2D eigenvalue weighted by Crippen LogP contribution is -2.19. The molecule has 2 rings (SSSR count). The highest BCUT2D eigenvalue weighted by Crippen LogP contribution is 2.27. The molecule has 1 aromatic rings. The Morgan fingerprint density at radius 1 is 1.47 bits per heavy atom. The molecular weight excluding hydrogens is 242 g/mol. The number of aryl methyl sites for hydroxylation is 2. The van der Waals surface area contributed by atoms with Crippen LogP contribution >= 0.6 is 0 Å². The molecule has 19 heavy (non-hydrogen) atoms. The van der Waals surface area contributed by atoms with Crippen LogP contribution < -0.4 is 10.5 Å². The van der Waals surface area contributed by atoms with Gasteiger partial charge >= 0.3 is 0 Å². The number of nitrogens with zero attached hydrogens (tertiary/aromatic N) is 2. The summed E-state index contributed by atoms with van der Waals surface area (Å²) in [4.78, 5) is 4.33. The van der Waals surface area contributed by atoms with Gasteiger partial charge in [0.05, 0.1) is 17.9 Å². The zero-order chi connectivity index (χ0) is 13.8. The largest absolute Gasteiger partial charge is 0.492 e. The molecule has 0 aliphatic heterocycles. The lowest BCUT2D eigenvalue weighted by molar-refractivity contribution is 0.251. The number of oxime groups is 1. The highest BCUT2D eigenvalue weighted by atomic mass is 16.5. The highest BCUT2D eigenvalue weighted by Gasteiger charge is 2.18. The first kappa shape index (κ1) is 13.6. The number of amidine groups is 1. The molecule has 0 atom stereocenters. The van der Waals surface area contributed by atoms with Crippen LogP contribution in [0, 0.1) is 19.8 Å². The minimum atomic E-state index is 0.0476. The van der Waals surface area contributed by atoms with Crippen molar-refractivity contribution < 1.29 is 9.94 Å². The Bertz CT molecular complexity index is 480. The summed E-state index contributed by atoms with van der Waals surface area (Å²) >= 11 is 0. The van der Waals surface area contributed by atoms with Crippen molar-refractivity contribution in [1.29, 1.82) is 0 Å². The second-order valence-corrected chi connectivity index (χ2v) is 5.17. The van der Waals surface area contributed by atoms with Crippen molar-refractivity contribution in [1.82, 2.24) is 4.98 Å². The third kappa shape index (κ3) is 3.16. The van der Waals surface area contributed by atoms with Gasteiger partial charge in [-0.05, 0) is 32.6 Å². The number of pyridine rings is 1. The van der Waals surface area contributed by atoms with Crippen LogP contribution in [0.5, 0.6) is 5.75 Å². The van der Waals surface area contributed by atoms with E-state index in [1.807, 2.05) is 19.9 Å². The van der Waals surface area contributed by atoms with Gasteiger partial charge in [0.15, 0.2) is 5.84 Å². The van der Waals surface area contributed by atoms with Crippen molar-refractivity contribution in [2.75, 3.05) is 6.61 Å². The van der Waals surface area contributed by atoms with E-state index >= 15 is 0 Å². The van der Waals surface area contributed by atoms with Crippen LogP contribution in [0.1, 0.15) is 42.6 Å². The van der Waals surface area contributed by atoms with E-state index < -0.39 is 0 Å². The van der Waals surface area contributed by atoms with E-state index in [1.54, 1.807) is 0 Å². The first-order chi connectivity index (χ1) is 9.11. The minimum Gasteiger partial charge on any atom is -0.492 e. The molecule has 1 aliphatic rings. The average molecular weight is 263 g/mol. The molecular formula is C14H21N3O2. The van der Waals surface area contributed by atoms with Crippen molar-refractivity contribution in [2.24, 2.45) is 16.8 Å². The Kier molecular flexibility index (Phi) is 4.24. The van der Waals surface area contributed by atoms with Crippen molar-refractivity contribution >= 4 is 5.84 Å². The second-order valence-electron chi connectivity index (χ2n) is 5.17. The van der Waals surface area contributed by atoms with Gasteiger partial charge in [-0.1, -0.05) is 18.0 Å². The Balaban J connectivity index is 2.21. The SMILES string of the molecule is Cc1cc(OCC2CCCC2)c(/C(N)=N/O)c(C)n1. The summed E-state index contributed by atoms with van der Waals surface area (Å²) in [6.45, 7) is 4.43. The molecule has 0 aromatic carbocycles. The molecule has 1 aliphatic carbocycles. The van der Waals surface area contributed by atoms with Gasteiger partial charge in [0.1, 0.15) is 5.75 Å². The lowest BCUT2D eigenvalue weighted by atomic mass is 10.1. The number of aromatic nitrogens is 1. The van der Waals surface area contributed by atoms with Crippen LogP contribution in [0.25, 0.3) is 0 Å². The summed E-state index contributed by atoms with van der Waals surface area (Å²) < 4.78 is 5.89. The van der Waals surface area contributed by atoms with E-state index in [-0.39, 0.29) is 5.84 Å². The number of hydrogen-bond acceptors (Lipinski definition) is 4. The second kappa shape index (κ2) is 5.91. The quantitative estimate of drug-likeness (QED) is 0.378. The molecule has 0 saturated heterocycles. The van der Waals surface area contributed by atoms with E-state index in [2.05, 4.69) is 10.1 Å². The molecule has 1 fully saturated rings. The van der Waals surface area contributed by atoms with Gasteiger partial charge in [-0.2, -0.15) is 0 Å². The topological polar surface area (TPSA) is 80.7 Å². The molecule has 1 saturated carbocycles. The smallest absolute Gasteiger partial charge is 0.175 e. The fourth-order valence-corrected chi connectivity index (χ4v) is 2.65. The first-order valence-electron chi connectivity index (χ1n) is 6.70. The average Bonchev–Trinajstić information content (AvgIpc) is 2.88. The minimum absolute atomic E-state index is 0.0476. The van der Waals surface area contributed by atoms with E-state index in [4.69, 9.17) is 15.7 Å². The summed E-state index contributed by atoms with van der Waals surface area (Å²) in [6.07, 6.45) is 5.02. The van der Waals surface area contributed by atoms with Crippen LogP contribution in [0.15, 0.2) is 11.2 Å². The van der Waals surface area contributed by atoms with Crippen LogP contribution in [0.3, 0.4) is 0 Å². The normalized spacial score (nSPS) is 16.8. The van der Waals surface area contributed by atoms with Gasteiger partial charge in [-0.3, -0.25) is 4.98 Å². The van der Waals surface area contributed by atoms with Crippen molar-refractivity contribution in [3.05, 3.63) is 23.0 Å². The fourth-order valence-electron chi connectivity index (χ4n) is 2.65. The molecule has 1 aromatic heterocycles. The molecule has 104 valence electrons. The molecule has 0 bridgehead atoms. The standard InChI is InChI=1S/C14H21N3O2/c1-9-7-12(19-8-11-5-3-4-6-11)13(10(2)16-9)14(15)17-18/h7,11,18H,3-6,8H2,1-2H3,(H2,15,17). The van der Waals surface area contributed by atoms with Crippen LogP contribution in [-0.2, 0) is 0 Å². The molecule has 1 heterocycles. The highest BCUT2D eigenvalue weighted by molar-refractivity contribution is 6.00. The number of hydrogen-bond donors (Lipinski definition) is 2. The Hall–Kier alpha value is -1.78. The predicted molar refractivity (Wildman–Crippen MR) is 73.7 cm³/mol. The van der Waals surface area contributed by atoms with Gasteiger partial charge in [0.2, 0.25) is 0 Å². The molecule has 3 N–H and O–H groups in total. The van der Waals surface area contributed by atoms with Crippen LogP contribution in [0.4, 0.5) is 0 Å². The van der Waals surface area contributed by atoms with Crippen molar-refractivity contribution in [2.45, 2.75) is 39.5 Å². The van der Waals surface area contributed by atoms with E-state index in [1.165, 1.54) is 25.7 Å². The monoisotopic (exact) mass is 263 g/mol. The Morgan fingerprint density at radius 3 is 2.79 bits per heavy atom. The van der Waals surface area contributed by atoms with E-state index in [0.717, 1.165) is 11.4 Å². The van der Waals surface area contributed by atoms with Gasteiger partial charge in [0, 0.05) is 11.8 Å². The van der Waals surface area contributed by atoms with E-state index in [9.17, 15) is 0 Å². The fraction of sp³-hybridized carbons (Fsp3) is 0.571. The summed E-state index contributed by atoms with van der Waals surface area (Å²) in [6, 6.07) is 1.84. The molecule has 0 spiro atoms. The van der Waals surface area contributed by atoms with Crippen molar-refractivity contribution in [3.8, 4) is 5.75 Å². The maximum absolute atomic E-state index is 8.87. The third-order valence-electron chi connectivity index (χ3n) is 3.61. The molecule has 0 amide bonds. The van der Waals surface area contributed by atoms with Crippen LogP contribution in [0.2, 0.25) is 0 Å². The summed E-state index contributed by atoms with van der Waals surface area (Å²) in [7, 11) is 0. The third-order valence-corrected chi connectivity index (χ3v) is 3.61. The molecule has 0 radical (unpaired) electrons. The van der Waals surface area contributed by atoms with Gasteiger partial charge < -0.3 is 15.7 Å². The summed E-state index contributed by atoms with van der Waals surface area (Å²) in [5.74, 6) is 1.33. The Morgan fingerprint density at radius 2 is 2.16 bits per heavy atom. The summed E-state index contributed by atoms with van der Waals surface area (Å²) in [5.41, 5.74) is 7.89. The number of nitrogens with two attached hydrogens (primary N) is 1. The van der Waals surface area contributed by atoms with Gasteiger partial charge in [-0.25, -0.2) is 0 Å². The van der Waals surface area contributed by atoms with E-state index in [0.29, 0.717) is 23.8 Å². The first-order valence-corrected chi connectivity index (χ1v) is 6.70. The zero-order valence-electron chi connectivity index (χ0n) is 11.5. The Labute approximate surface area is 113 Å². The zero-order valence-corrected chi connectivity index (χ0v) is 11.5. The van der Waals surface area contributed by atoms with Gasteiger partial charge in [-0.15, -0.1) is 0 Å². The van der Waals surface area contributed by atoms with Crippen LogP contribution in [-0.4, -0.2) is 22.6 Å².